The Labute approximate surface area is 202 Å². The van der Waals surface area contributed by atoms with Crippen LogP contribution in [0.5, 0.6) is 5.75 Å². The second-order valence-corrected chi connectivity index (χ2v) is 9.90. The Morgan fingerprint density at radius 2 is 2.00 bits per heavy atom. The minimum absolute atomic E-state index is 0.123. The quantitative estimate of drug-likeness (QED) is 0.303. The number of amides is 1. The number of aryl methyl sites for hydroxylation is 1. The Balaban J connectivity index is 1.45. The predicted octanol–water partition coefficient (Wildman–Crippen LogP) is 5.60. The number of thioether (sulfide) groups is 1. The van der Waals surface area contributed by atoms with Crippen LogP contribution >= 0.6 is 39.0 Å². The number of carbonyl (C=O) groups is 1. The van der Waals surface area contributed by atoms with E-state index in [1.165, 1.54) is 23.1 Å². The number of halogens is 1. The highest BCUT2D eigenvalue weighted by molar-refractivity contribution is 9.10. The summed E-state index contributed by atoms with van der Waals surface area (Å²) in [6.45, 7) is 4.56. The average Bonchev–Trinajstić information content (AvgIpc) is 3.37. The number of hydrogen-bond acceptors (Lipinski definition) is 7. The number of phenolic OH excluding ortho intramolecular Hbond substituents is 1. The van der Waals surface area contributed by atoms with E-state index in [2.05, 4.69) is 36.4 Å². The fourth-order valence-corrected chi connectivity index (χ4v) is 5.18. The second kappa shape index (κ2) is 9.85. The van der Waals surface area contributed by atoms with Gasteiger partial charge in [-0.3, -0.25) is 4.79 Å². The summed E-state index contributed by atoms with van der Waals surface area (Å²) in [7, 11) is 0. The summed E-state index contributed by atoms with van der Waals surface area (Å²) >= 11 is 6.16. The molecule has 0 radical (unpaired) electrons. The highest BCUT2D eigenvalue weighted by Crippen LogP contribution is 2.33. The van der Waals surface area contributed by atoms with Crippen LogP contribution in [0, 0.1) is 6.92 Å². The zero-order valence-electron chi connectivity index (χ0n) is 17.4. The van der Waals surface area contributed by atoms with Gasteiger partial charge in [0.05, 0.1) is 17.0 Å². The molecule has 0 aliphatic heterocycles. The van der Waals surface area contributed by atoms with Crippen LogP contribution in [0.2, 0.25) is 0 Å². The van der Waals surface area contributed by atoms with Crippen molar-refractivity contribution in [1.29, 1.82) is 0 Å². The van der Waals surface area contributed by atoms with Gasteiger partial charge in [-0.2, -0.15) is 0 Å². The molecular weight excluding hydrogens is 510 g/mol. The predicted molar refractivity (Wildman–Crippen MR) is 132 cm³/mol. The molecule has 7 nitrogen and oxygen atoms in total. The van der Waals surface area contributed by atoms with Gasteiger partial charge in [-0.15, -0.1) is 21.5 Å². The van der Waals surface area contributed by atoms with Crippen molar-refractivity contribution in [2.75, 3.05) is 11.1 Å². The fourth-order valence-electron chi connectivity index (χ4n) is 3.17. The Bertz CT molecular complexity index is 1260. The summed E-state index contributed by atoms with van der Waals surface area (Å²) in [6.07, 6.45) is 0. The van der Waals surface area contributed by atoms with E-state index in [1.54, 1.807) is 18.2 Å². The molecule has 0 aliphatic rings. The first-order valence-electron chi connectivity index (χ1n) is 9.84. The molecule has 0 atom stereocenters. The number of nitrogens with zero attached hydrogens (tertiary/aromatic N) is 4. The molecular formula is C22H20BrN5O2S2. The van der Waals surface area contributed by atoms with E-state index in [0.717, 1.165) is 20.6 Å². The number of nitrogens with one attached hydrogen (secondary N) is 1. The Morgan fingerprint density at radius 1 is 1.22 bits per heavy atom. The summed E-state index contributed by atoms with van der Waals surface area (Å²) in [4.78, 5) is 18.2. The molecule has 4 aromatic rings. The van der Waals surface area contributed by atoms with Crippen LogP contribution in [0.4, 0.5) is 5.13 Å². The van der Waals surface area contributed by atoms with E-state index in [0.29, 0.717) is 28.2 Å². The molecule has 2 heterocycles. The van der Waals surface area contributed by atoms with Crippen molar-refractivity contribution >= 4 is 50.1 Å². The molecule has 4 rings (SSSR count). The number of phenols is 1. The third kappa shape index (κ3) is 4.87. The van der Waals surface area contributed by atoms with Crippen molar-refractivity contribution in [2.45, 2.75) is 25.5 Å². The first kappa shape index (κ1) is 22.5. The van der Waals surface area contributed by atoms with Crippen LogP contribution in [0.15, 0.2) is 58.2 Å². The molecule has 1 amide bonds. The molecule has 32 heavy (non-hydrogen) atoms. The van der Waals surface area contributed by atoms with Crippen LogP contribution in [0.25, 0.3) is 22.6 Å². The van der Waals surface area contributed by atoms with Crippen molar-refractivity contribution < 1.29 is 9.90 Å². The number of aromatic nitrogens is 4. The number of thiazole rings is 1. The molecule has 2 aromatic heterocycles. The maximum atomic E-state index is 12.5. The number of aromatic hydroxyl groups is 1. The molecule has 0 aliphatic carbocycles. The van der Waals surface area contributed by atoms with Gasteiger partial charge >= 0.3 is 0 Å². The topological polar surface area (TPSA) is 92.9 Å². The van der Waals surface area contributed by atoms with E-state index >= 15 is 0 Å². The molecule has 10 heteroatoms. The standard InChI is InChI=1S/C22H20BrN5O2S2/c1-3-28-20(16-11-15(23)9-10-17(16)29)26-27-22(28)31-12-18(30)24-21-25-19(13(2)32-21)14-7-5-4-6-8-14/h4-11,29H,3,12H2,1-2H3,(H,24,25,30). The molecule has 0 saturated carbocycles. The van der Waals surface area contributed by atoms with Gasteiger partial charge in [-0.25, -0.2) is 4.98 Å². The summed E-state index contributed by atoms with van der Waals surface area (Å²) < 4.78 is 2.71. The molecule has 0 bridgehead atoms. The third-order valence-electron chi connectivity index (χ3n) is 4.66. The van der Waals surface area contributed by atoms with Crippen LogP contribution in [0.1, 0.15) is 11.8 Å². The van der Waals surface area contributed by atoms with Gasteiger partial charge in [-0.05, 0) is 32.0 Å². The first-order chi connectivity index (χ1) is 15.5. The van der Waals surface area contributed by atoms with Crippen LogP contribution in [-0.2, 0) is 11.3 Å². The summed E-state index contributed by atoms with van der Waals surface area (Å²) in [6, 6.07) is 15.1. The van der Waals surface area contributed by atoms with Crippen molar-refractivity contribution in [3.8, 4) is 28.4 Å². The number of anilines is 1. The van der Waals surface area contributed by atoms with Crippen molar-refractivity contribution in [3.05, 3.63) is 57.9 Å². The minimum atomic E-state index is -0.166. The van der Waals surface area contributed by atoms with Gasteiger partial charge < -0.3 is 15.0 Å². The van der Waals surface area contributed by atoms with E-state index in [-0.39, 0.29) is 17.4 Å². The smallest absolute Gasteiger partial charge is 0.236 e. The van der Waals surface area contributed by atoms with E-state index < -0.39 is 0 Å². The SMILES string of the molecule is CCn1c(SCC(=O)Nc2nc(-c3ccccc3)c(C)s2)nnc1-c1cc(Br)ccc1O. The van der Waals surface area contributed by atoms with Gasteiger partial charge in [0.1, 0.15) is 5.75 Å². The zero-order valence-corrected chi connectivity index (χ0v) is 20.6. The lowest BCUT2D eigenvalue weighted by atomic mass is 10.1. The van der Waals surface area contributed by atoms with Gasteiger partial charge in [0.25, 0.3) is 0 Å². The van der Waals surface area contributed by atoms with Gasteiger partial charge in [0.15, 0.2) is 16.1 Å². The average molecular weight is 530 g/mol. The number of rotatable bonds is 7. The van der Waals surface area contributed by atoms with Gasteiger partial charge in [0.2, 0.25) is 5.91 Å². The highest BCUT2D eigenvalue weighted by Gasteiger charge is 2.18. The molecule has 2 aromatic carbocycles. The number of hydrogen-bond donors (Lipinski definition) is 2. The maximum absolute atomic E-state index is 12.5. The Morgan fingerprint density at radius 3 is 2.75 bits per heavy atom. The van der Waals surface area contributed by atoms with Gasteiger partial charge in [-0.1, -0.05) is 58.0 Å². The van der Waals surface area contributed by atoms with E-state index in [4.69, 9.17) is 0 Å². The molecule has 2 N–H and O–H groups in total. The van der Waals surface area contributed by atoms with Gasteiger partial charge in [0, 0.05) is 21.5 Å². The summed E-state index contributed by atoms with van der Waals surface area (Å²) in [5.74, 6) is 0.679. The molecule has 0 saturated heterocycles. The number of benzene rings is 2. The van der Waals surface area contributed by atoms with Crippen LogP contribution < -0.4 is 5.32 Å². The first-order valence-corrected chi connectivity index (χ1v) is 12.4. The Kier molecular flexibility index (Phi) is 6.92. The molecule has 164 valence electrons. The minimum Gasteiger partial charge on any atom is -0.507 e. The van der Waals surface area contributed by atoms with Crippen LogP contribution in [-0.4, -0.2) is 36.5 Å². The number of carbonyl (C=O) groups excluding carboxylic acids is 1. The lowest BCUT2D eigenvalue weighted by Gasteiger charge is -2.09. The third-order valence-corrected chi connectivity index (χ3v) is 7.00. The van der Waals surface area contributed by atoms with Crippen molar-refractivity contribution in [3.63, 3.8) is 0 Å². The normalized spacial score (nSPS) is 11.0. The monoisotopic (exact) mass is 529 g/mol. The highest BCUT2D eigenvalue weighted by atomic mass is 79.9. The Hall–Kier alpha value is -2.69. The van der Waals surface area contributed by atoms with E-state index in [9.17, 15) is 9.90 Å². The largest absolute Gasteiger partial charge is 0.507 e. The lowest BCUT2D eigenvalue weighted by molar-refractivity contribution is -0.113. The summed E-state index contributed by atoms with van der Waals surface area (Å²) in [5, 5.41) is 22.8. The zero-order chi connectivity index (χ0) is 22.7. The molecule has 0 unspecified atom stereocenters. The van der Waals surface area contributed by atoms with Crippen molar-refractivity contribution in [1.82, 2.24) is 19.7 Å². The van der Waals surface area contributed by atoms with Crippen LogP contribution in [0.3, 0.4) is 0 Å². The maximum Gasteiger partial charge on any atom is 0.236 e. The lowest BCUT2D eigenvalue weighted by Crippen LogP contribution is -2.14. The molecule has 0 spiro atoms. The fraction of sp³-hybridized carbons (Fsp3) is 0.182. The second-order valence-electron chi connectivity index (χ2n) is 6.84. The van der Waals surface area contributed by atoms with E-state index in [1.807, 2.05) is 48.7 Å². The molecule has 0 fully saturated rings. The summed E-state index contributed by atoms with van der Waals surface area (Å²) in [5.41, 5.74) is 2.48. The van der Waals surface area contributed by atoms with Crippen molar-refractivity contribution in [2.24, 2.45) is 0 Å².